The molecule has 0 aromatic carbocycles. The number of pyridine rings is 1. The molecule has 3 heteroatoms. The second-order valence-electron chi connectivity index (χ2n) is 2.64. The summed E-state index contributed by atoms with van der Waals surface area (Å²) in [5, 5.41) is 3.25. The summed E-state index contributed by atoms with van der Waals surface area (Å²) >= 11 is 3.39. The average molecular weight is 229 g/mol. The Morgan fingerprint density at radius 3 is 3.08 bits per heavy atom. The molecule has 0 saturated carbocycles. The topological polar surface area (TPSA) is 24.9 Å². The van der Waals surface area contributed by atoms with Gasteiger partial charge in [0.05, 0.1) is 0 Å². The fourth-order valence-electron chi connectivity index (χ4n) is 0.895. The van der Waals surface area contributed by atoms with Crippen LogP contribution >= 0.6 is 15.9 Å². The molecule has 1 aromatic rings. The van der Waals surface area contributed by atoms with E-state index in [4.69, 9.17) is 0 Å². The molecular weight excluding hydrogens is 216 g/mol. The van der Waals surface area contributed by atoms with E-state index in [2.05, 4.69) is 33.2 Å². The minimum absolute atomic E-state index is 0.942. The normalized spacial score (nSPS) is 9.83. The lowest BCUT2D eigenvalue weighted by atomic mass is 10.3. The van der Waals surface area contributed by atoms with Crippen LogP contribution in [0.3, 0.4) is 0 Å². The van der Waals surface area contributed by atoms with Crippen molar-refractivity contribution < 1.29 is 0 Å². The molecule has 0 unspecified atom stereocenters. The standard InChI is InChI=1S/C9H13BrN2/c1-2-3-5-11-9-7-8(10)4-6-12-9/h4,6-7H,2-3,5H2,1H3,(H,11,12). The van der Waals surface area contributed by atoms with Crippen LogP contribution in [0, 0.1) is 0 Å². The first-order valence-electron chi connectivity index (χ1n) is 4.18. The Morgan fingerprint density at radius 2 is 2.42 bits per heavy atom. The highest BCUT2D eigenvalue weighted by Crippen LogP contribution is 2.12. The number of anilines is 1. The summed E-state index contributed by atoms with van der Waals surface area (Å²) < 4.78 is 1.07. The van der Waals surface area contributed by atoms with Crippen molar-refractivity contribution in [3.63, 3.8) is 0 Å². The number of nitrogens with one attached hydrogen (secondary N) is 1. The minimum atomic E-state index is 0.942. The number of unbranched alkanes of at least 4 members (excludes halogenated alkanes) is 1. The second kappa shape index (κ2) is 5.14. The largest absolute Gasteiger partial charge is 0.370 e. The summed E-state index contributed by atoms with van der Waals surface area (Å²) in [5.74, 6) is 0.942. The molecule has 0 amide bonds. The van der Waals surface area contributed by atoms with Gasteiger partial charge in [-0.3, -0.25) is 0 Å². The van der Waals surface area contributed by atoms with Crippen LogP contribution in [0.25, 0.3) is 0 Å². The molecule has 0 fully saturated rings. The van der Waals surface area contributed by atoms with Crippen LogP contribution in [0.4, 0.5) is 5.82 Å². The number of rotatable bonds is 4. The van der Waals surface area contributed by atoms with Gasteiger partial charge in [-0.2, -0.15) is 0 Å². The van der Waals surface area contributed by atoms with E-state index in [1.54, 1.807) is 6.20 Å². The third kappa shape index (κ3) is 3.22. The molecule has 1 aromatic heterocycles. The number of nitrogens with zero attached hydrogens (tertiary/aromatic N) is 1. The van der Waals surface area contributed by atoms with Gasteiger partial charge in [-0.15, -0.1) is 0 Å². The highest BCUT2D eigenvalue weighted by atomic mass is 79.9. The average Bonchev–Trinajstić information content (AvgIpc) is 2.05. The lowest BCUT2D eigenvalue weighted by molar-refractivity contribution is 0.831. The van der Waals surface area contributed by atoms with Gasteiger partial charge in [-0.1, -0.05) is 29.3 Å². The van der Waals surface area contributed by atoms with E-state index in [1.807, 2.05) is 12.1 Å². The van der Waals surface area contributed by atoms with Crippen molar-refractivity contribution in [3.8, 4) is 0 Å². The zero-order valence-electron chi connectivity index (χ0n) is 7.18. The highest BCUT2D eigenvalue weighted by Gasteiger charge is 1.92. The predicted molar refractivity (Wildman–Crippen MR) is 55.3 cm³/mol. The van der Waals surface area contributed by atoms with Crippen molar-refractivity contribution in [1.82, 2.24) is 4.98 Å². The summed E-state index contributed by atoms with van der Waals surface area (Å²) in [6.45, 7) is 3.18. The van der Waals surface area contributed by atoms with Crippen LogP contribution in [0.15, 0.2) is 22.8 Å². The van der Waals surface area contributed by atoms with Crippen LogP contribution < -0.4 is 5.32 Å². The zero-order valence-corrected chi connectivity index (χ0v) is 8.76. The Morgan fingerprint density at radius 1 is 1.58 bits per heavy atom. The smallest absolute Gasteiger partial charge is 0.127 e. The Bertz CT molecular complexity index is 238. The molecule has 1 rings (SSSR count). The van der Waals surface area contributed by atoms with Crippen LogP contribution in [0.2, 0.25) is 0 Å². The number of halogens is 1. The first kappa shape index (κ1) is 9.52. The summed E-state index contributed by atoms with van der Waals surface area (Å²) in [6, 6.07) is 3.90. The van der Waals surface area contributed by atoms with Gasteiger partial charge in [0.1, 0.15) is 5.82 Å². The maximum Gasteiger partial charge on any atom is 0.127 e. The first-order valence-corrected chi connectivity index (χ1v) is 4.97. The van der Waals surface area contributed by atoms with Gasteiger partial charge >= 0.3 is 0 Å². The Labute approximate surface area is 81.5 Å². The van der Waals surface area contributed by atoms with Gasteiger partial charge in [-0.05, 0) is 18.6 Å². The molecule has 0 atom stereocenters. The molecule has 0 radical (unpaired) electrons. The summed E-state index contributed by atoms with van der Waals surface area (Å²) in [5.41, 5.74) is 0. The molecule has 0 aliphatic rings. The van der Waals surface area contributed by atoms with E-state index < -0.39 is 0 Å². The third-order valence-electron chi connectivity index (χ3n) is 1.56. The summed E-state index contributed by atoms with van der Waals surface area (Å²) in [6.07, 6.45) is 4.19. The van der Waals surface area contributed by atoms with Crippen molar-refractivity contribution in [2.75, 3.05) is 11.9 Å². The van der Waals surface area contributed by atoms with Gasteiger partial charge in [0, 0.05) is 17.2 Å². The monoisotopic (exact) mass is 228 g/mol. The van der Waals surface area contributed by atoms with Crippen molar-refractivity contribution >= 4 is 21.7 Å². The van der Waals surface area contributed by atoms with Gasteiger partial charge in [0.25, 0.3) is 0 Å². The Kier molecular flexibility index (Phi) is 4.08. The van der Waals surface area contributed by atoms with E-state index >= 15 is 0 Å². The maximum absolute atomic E-state index is 4.17. The predicted octanol–water partition coefficient (Wildman–Crippen LogP) is 3.06. The molecule has 0 aliphatic carbocycles. The van der Waals surface area contributed by atoms with E-state index in [0.717, 1.165) is 16.8 Å². The Hall–Kier alpha value is -0.570. The molecule has 1 N–H and O–H groups in total. The Balaban J connectivity index is 2.41. The molecule has 0 aliphatic heterocycles. The van der Waals surface area contributed by atoms with Crippen molar-refractivity contribution in [1.29, 1.82) is 0 Å². The quantitative estimate of drug-likeness (QED) is 0.802. The van der Waals surface area contributed by atoms with E-state index in [9.17, 15) is 0 Å². The van der Waals surface area contributed by atoms with Crippen molar-refractivity contribution in [2.45, 2.75) is 19.8 Å². The molecule has 66 valence electrons. The number of hydrogen-bond acceptors (Lipinski definition) is 2. The SMILES string of the molecule is CCCCNc1cc(Br)ccn1. The molecular formula is C9H13BrN2. The van der Waals surface area contributed by atoms with Gasteiger partial charge in [-0.25, -0.2) is 4.98 Å². The molecule has 0 bridgehead atoms. The van der Waals surface area contributed by atoms with E-state index in [0.29, 0.717) is 0 Å². The van der Waals surface area contributed by atoms with Gasteiger partial charge in [0.15, 0.2) is 0 Å². The summed E-state index contributed by atoms with van der Waals surface area (Å²) in [4.78, 5) is 4.17. The van der Waals surface area contributed by atoms with Crippen molar-refractivity contribution in [3.05, 3.63) is 22.8 Å². The first-order chi connectivity index (χ1) is 5.83. The van der Waals surface area contributed by atoms with Gasteiger partial charge < -0.3 is 5.32 Å². The minimum Gasteiger partial charge on any atom is -0.370 e. The molecule has 0 saturated heterocycles. The number of aromatic nitrogens is 1. The zero-order chi connectivity index (χ0) is 8.81. The van der Waals surface area contributed by atoms with E-state index in [1.165, 1.54) is 12.8 Å². The molecule has 0 spiro atoms. The van der Waals surface area contributed by atoms with Crippen LogP contribution in [0.1, 0.15) is 19.8 Å². The van der Waals surface area contributed by atoms with Crippen LogP contribution in [-0.2, 0) is 0 Å². The maximum atomic E-state index is 4.17. The molecule has 12 heavy (non-hydrogen) atoms. The van der Waals surface area contributed by atoms with Gasteiger partial charge in [0.2, 0.25) is 0 Å². The fourth-order valence-corrected chi connectivity index (χ4v) is 1.23. The summed E-state index contributed by atoms with van der Waals surface area (Å²) in [7, 11) is 0. The van der Waals surface area contributed by atoms with Crippen molar-refractivity contribution in [2.24, 2.45) is 0 Å². The molecule has 2 nitrogen and oxygen atoms in total. The van der Waals surface area contributed by atoms with Crippen LogP contribution in [0.5, 0.6) is 0 Å². The van der Waals surface area contributed by atoms with Crippen LogP contribution in [-0.4, -0.2) is 11.5 Å². The second-order valence-corrected chi connectivity index (χ2v) is 3.56. The van der Waals surface area contributed by atoms with E-state index in [-0.39, 0.29) is 0 Å². The lowest BCUT2D eigenvalue weighted by Crippen LogP contribution is -2.02. The third-order valence-corrected chi connectivity index (χ3v) is 2.05. The lowest BCUT2D eigenvalue weighted by Gasteiger charge is -2.03. The fraction of sp³-hybridized carbons (Fsp3) is 0.444. The number of hydrogen-bond donors (Lipinski definition) is 1. The highest BCUT2D eigenvalue weighted by molar-refractivity contribution is 9.10. The molecule has 1 heterocycles.